The number of nitriles is 1. The van der Waals surface area contributed by atoms with E-state index in [-0.39, 0.29) is 6.10 Å². The summed E-state index contributed by atoms with van der Waals surface area (Å²) in [6.07, 6.45) is 1.75. The molecule has 2 rings (SSSR count). The fraction of sp³-hybridized carbons (Fsp3) is 0.250. The molecule has 0 aliphatic carbocycles. The van der Waals surface area contributed by atoms with E-state index in [9.17, 15) is 0 Å². The molecule has 1 aromatic carbocycles. The third-order valence-corrected chi connectivity index (χ3v) is 3.00. The molecule has 0 unspecified atom stereocenters. The predicted molar refractivity (Wildman–Crippen MR) is 83.5 cm³/mol. The SMILES string of the molecule is CC(C)Oc1ncccc1CNc1cc(Cl)ccc1C#N. The Labute approximate surface area is 129 Å². The zero-order chi connectivity index (χ0) is 15.2. The summed E-state index contributed by atoms with van der Waals surface area (Å²) in [5, 5.41) is 12.9. The summed E-state index contributed by atoms with van der Waals surface area (Å²) in [7, 11) is 0. The number of hydrogen-bond acceptors (Lipinski definition) is 4. The normalized spacial score (nSPS) is 10.2. The summed E-state index contributed by atoms with van der Waals surface area (Å²) in [4.78, 5) is 4.24. The molecule has 2 aromatic rings. The van der Waals surface area contributed by atoms with Crippen LogP contribution < -0.4 is 10.1 Å². The maximum absolute atomic E-state index is 9.11. The summed E-state index contributed by atoms with van der Waals surface area (Å²) in [5.41, 5.74) is 2.18. The van der Waals surface area contributed by atoms with Gasteiger partial charge in [0.2, 0.25) is 5.88 Å². The first kappa shape index (κ1) is 15.1. The van der Waals surface area contributed by atoms with Gasteiger partial charge in [0.1, 0.15) is 6.07 Å². The van der Waals surface area contributed by atoms with E-state index < -0.39 is 0 Å². The van der Waals surface area contributed by atoms with E-state index in [0.29, 0.717) is 28.7 Å². The molecule has 5 heteroatoms. The Kier molecular flexibility index (Phi) is 5.02. The second kappa shape index (κ2) is 6.96. The van der Waals surface area contributed by atoms with Crippen molar-refractivity contribution in [3.8, 4) is 11.9 Å². The lowest BCUT2D eigenvalue weighted by Crippen LogP contribution is -2.11. The fourth-order valence-electron chi connectivity index (χ4n) is 1.84. The topological polar surface area (TPSA) is 57.9 Å². The van der Waals surface area contributed by atoms with E-state index in [1.807, 2.05) is 26.0 Å². The number of benzene rings is 1. The molecule has 0 spiro atoms. The van der Waals surface area contributed by atoms with Crippen LogP contribution in [0.15, 0.2) is 36.5 Å². The highest BCUT2D eigenvalue weighted by atomic mass is 35.5. The van der Waals surface area contributed by atoms with Gasteiger partial charge in [-0.3, -0.25) is 0 Å². The van der Waals surface area contributed by atoms with Gasteiger partial charge in [-0.1, -0.05) is 17.7 Å². The van der Waals surface area contributed by atoms with Crippen molar-refractivity contribution in [1.29, 1.82) is 5.26 Å². The van der Waals surface area contributed by atoms with Gasteiger partial charge >= 0.3 is 0 Å². The molecule has 0 saturated heterocycles. The van der Waals surface area contributed by atoms with Crippen molar-refractivity contribution in [2.75, 3.05) is 5.32 Å². The quantitative estimate of drug-likeness (QED) is 0.906. The minimum absolute atomic E-state index is 0.0551. The number of ether oxygens (including phenoxy) is 1. The van der Waals surface area contributed by atoms with Gasteiger partial charge in [-0.25, -0.2) is 4.98 Å². The molecule has 1 aromatic heterocycles. The molecular formula is C16H16ClN3O. The zero-order valence-corrected chi connectivity index (χ0v) is 12.7. The van der Waals surface area contributed by atoms with Crippen molar-refractivity contribution in [2.45, 2.75) is 26.5 Å². The summed E-state index contributed by atoms with van der Waals surface area (Å²) < 4.78 is 5.67. The standard InChI is InChI=1S/C16H16ClN3O/c1-11(2)21-16-13(4-3-7-19-16)10-20-15-8-14(17)6-5-12(15)9-18/h3-8,11,20H,10H2,1-2H3. The molecule has 0 aliphatic heterocycles. The van der Waals surface area contributed by atoms with Crippen LogP contribution in [0.3, 0.4) is 0 Å². The van der Waals surface area contributed by atoms with Crippen LogP contribution in [0.4, 0.5) is 5.69 Å². The second-order valence-corrected chi connectivity index (χ2v) is 5.23. The van der Waals surface area contributed by atoms with Crippen LogP contribution in [0, 0.1) is 11.3 Å². The minimum atomic E-state index is 0.0551. The molecule has 0 saturated carbocycles. The van der Waals surface area contributed by atoms with E-state index >= 15 is 0 Å². The first-order valence-electron chi connectivity index (χ1n) is 6.64. The van der Waals surface area contributed by atoms with E-state index in [2.05, 4.69) is 16.4 Å². The molecule has 0 radical (unpaired) electrons. The third-order valence-electron chi connectivity index (χ3n) is 2.77. The van der Waals surface area contributed by atoms with Crippen LogP contribution in [0.5, 0.6) is 5.88 Å². The highest BCUT2D eigenvalue weighted by molar-refractivity contribution is 6.30. The summed E-state index contributed by atoms with van der Waals surface area (Å²) in [5.74, 6) is 0.598. The molecule has 0 amide bonds. The number of hydrogen-bond donors (Lipinski definition) is 1. The maximum atomic E-state index is 9.11. The molecule has 0 fully saturated rings. The average Bonchev–Trinajstić information content (AvgIpc) is 2.46. The Morgan fingerprint density at radius 3 is 2.90 bits per heavy atom. The van der Waals surface area contributed by atoms with E-state index in [4.69, 9.17) is 21.6 Å². The van der Waals surface area contributed by atoms with Gasteiger partial charge < -0.3 is 10.1 Å². The smallest absolute Gasteiger partial charge is 0.218 e. The molecule has 0 aliphatic rings. The van der Waals surface area contributed by atoms with E-state index in [0.717, 1.165) is 5.56 Å². The predicted octanol–water partition coefficient (Wildman–Crippen LogP) is 4.01. The minimum Gasteiger partial charge on any atom is -0.475 e. The van der Waals surface area contributed by atoms with Crippen LogP contribution in [0.1, 0.15) is 25.0 Å². The van der Waals surface area contributed by atoms with Crippen molar-refractivity contribution >= 4 is 17.3 Å². The van der Waals surface area contributed by atoms with Gasteiger partial charge in [-0.05, 0) is 38.1 Å². The van der Waals surface area contributed by atoms with Crippen molar-refractivity contribution in [3.63, 3.8) is 0 Å². The Hall–Kier alpha value is -2.25. The summed E-state index contributed by atoms with van der Waals surface area (Å²) >= 11 is 5.97. The molecule has 0 atom stereocenters. The number of halogens is 1. The van der Waals surface area contributed by atoms with Crippen molar-refractivity contribution in [1.82, 2.24) is 4.98 Å². The number of anilines is 1. The van der Waals surface area contributed by atoms with Crippen molar-refractivity contribution in [3.05, 3.63) is 52.7 Å². The van der Waals surface area contributed by atoms with Gasteiger partial charge in [-0.15, -0.1) is 0 Å². The zero-order valence-electron chi connectivity index (χ0n) is 11.9. The lowest BCUT2D eigenvalue weighted by atomic mass is 10.2. The van der Waals surface area contributed by atoms with Gasteiger partial charge in [0, 0.05) is 23.3 Å². The largest absolute Gasteiger partial charge is 0.475 e. The average molecular weight is 302 g/mol. The van der Waals surface area contributed by atoms with Crippen LogP contribution in [-0.2, 0) is 6.54 Å². The summed E-state index contributed by atoms with van der Waals surface area (Å²) in [6, 6.07) is 11.1. The van der Waals surface area contributed by atoms with Gasteiger partial charge in [0.25, 0.3) is 0 Å². The first-order valence-corrected chi connectivity index (χ1v) is 7.02. The number of nitrogens with zero attached hydrogens (tertiary/aromatic N) is 2. The maximum Gasteiger partial charge on any atom is 0.218 e. The Morgan fingerprint density at radius 1 is 1.38 bits per heavy atom. The number of nitrogens with one attached hydrogen (secondary N) is 1. The first-order chi connectivity index (χ1) is 10.1. The molecule has 1 N–H and O–H groups in total. The number of aromatic nitrogens is 1. The fourth-order valence-corrected chi connectivity index (χ4v) is 2.01. The monoisotopic (exact) mass is 301 g/mol. The molecule has 108 valence electrons. The van der Waals surface area contributed by atoms with Gasteiger partial charge in [-0.2, -0.15) is 5.26 Å². The van der Waals surface area contributed by atoms with Crippen LogP contribution in [0.2, 0.25) is 5.02 Å². The Morgan fingerprint density at radius 2 is 2.19 bits per heavy atom. The molecule has 21 heavy (non-hydrogen) atoms. The molecule has 1 heterocycles. The Balaban J connectivity index is 2.17. The van der Waals surface area contributed by atoms with Gasteiger partial charge in [0.15, 0.2) is 0 Å². The highest BCUT2D eigenvalue weighted by Crippen LogP contribution is 2.23. The summed E-state index contributed by atoms with van der Waals surface area (Å²) in [6.45, 7) is 4.41. The van der Waals surface area contributed by atoms with Crippen LogP contribution in [-0.4, -0.2) is 11.1 Å². The molecule has 0 bridgehead atoms. The second-order valence-electron chi connectivity index (χ2n) is 4.79. The lowest BCUT2D eigenvalue weighted by molar-refractivity contribution is 0.230. The van der Waals surface area contributed by atoms with Gasteiger partial charge in [0.05, 0.1) is 17.4 Å². The molecule has 4 nitrogen and oxygen atoms in total. The van der Waals surface area contributed by atoms with E-state index in [1.165, 1.54) is 0 Å². The molecular weight excluding hydrogens is 286 g/mol. The van der Waals surface area contributed by atoms with Crippen molar-refractivity contribution < 1.29 is 4.74 Å². The number of rotatable bonds is 5. The number of pyridine rings is 1. The lowest BCUT2D eigenvalue weighted by Gasteiger charge is -2.14. The van der Waals surface area contributed by atoms with E-state index in [1.54, 1.807) is 24.4 Å². The van der Waals surface area contributed by atoms with Crippen LogP contribution in [0.25, 0.3) is 0 Å². The highest BCUT2D eigenvalue weighted by Gasteiger charge is 2.08. The van der Waals surface area contributed by atoms with Crippen molar-refractivity contribution in [2.24, 2.45) is 0 Å². The Bertz CT molecular complexity index is 665. The third kappa shape index (κ3) is 4.11. The van der Waals surface area contributed by atoms with Crippen LogP contribution >= 0.6 is 11.6 Å².